The van der Waals surface area contributed by atoms with Crippen LogP contribution < -0.4 is 5.32 Å². The minimum atomic E-state index is -0.234. The Balaban J connectivity index is 2.09. The molecule has 0 atom stereocenters. The van der Waals surface area contributed by atoms with E-state index in [0.29, 0.717) is 5.69 Å². The number of nitrogens with zero attached hydrogens (tertiary/aromatic N) is 2. The number of nitrogens with one attached hydrogen (secondary N) is 1. The molecular formula is C15H14N3O2-. The number of benzene rings is 2. The van der Waals surface area contributed by atoms with Crippen LogP contribution in [-0.2, 0) is 0 Å². The Morgan fingerprint density at radius 2 is 1.65 bits per heavy atom. The second kappa shape index (κ2) is 7.08. The molecule has 2 aromatic rings. The molecule has 2 N–H and O–H groups in total. The van der Waals surface area contributed by atoms with Crippen molar-refractivity contribution >= 4 is 17.6 Å². The van der Waals surface area contributed by atoms with Crippen molar-refractivity contribution < 1.29 is 5.21 Å². The van der Waals surface area contributed by atoms with Crippen LogP contribution in [0.2, 0.25) is 0 Å². The lowest BCUT2D eigenvalue weighted by Crippen LogP contribution is -2.12. The Hall–Kier alpha value is -2.63. The predicted octanol–water partition coefficient (Wildman–Crippen LogP) is 3.53. The van der Waals surface area contributed by atoms with Crippen molar-refractivity contribution in [2.75, 3.05) is 5.32 Å². The molecule has 0 aromatic heterocycles. The normalized spacial score (nSPS) is 11.6. The highest BCUT2D eigenvalue weighted by molar-refractivity contribution is 5.80. The first-order chi connectivity index (χ1) is 9.75. The molecule has 102 valence electrons. The maximum Gasteiger partial charge on any atom is 0.0854 e. The van der Waals surface area contributed by atoms with Gasteiger partial charge >= 0.3 is 0 Å². The first-order valence-corrected chi connectivity index (χ1v) is 6.03. The predicted molar refractivity (Wildman–Crippen MR) is 79.7 cm³/mol. The van der Waals surface area contributed by atoms with E-state index < -0.39 is 0 Å². The highest BCUT2D eigenvalue weighted by Gasteiger charge is 1.94. The molecule has 0 unspecified atom stereocenters. The molecule has 5 heteroatoms. The molecule has 0 radical (unpaired) electrons. The van der Waals surface area contributed by atoms with Gasteiger partial charge in [0.25, 0.3) is 0 Å². The molecule has 0 aliphatic rings. The summed E-state index contributed by atoms with van der Waals surface area (Å²) >= 11 is 0. The minimum absolute atomic E-state index is 0.00212. The number of aliphatic imine (C=N–C) groups is 1. The zero-order valence-corrected chi connectivity index (χ0v) is 10.7. The average Bonchev–Trinajstić information content (AvgIpc) is 2.49. The lowest BCUT2D eigenvalue weighted by molar-refractivity contribution is 0.00437. The molecule has 0 fully saturated rings. The van der Waals surface area contributed by atoms with Crippen molar-refractivity contribution in [2.45, 2.75) is 0 Å². The van der Waals surface area contributed by atoms with Crippen LogP contribution in [0.4, 0.5) is 11.4 Å². The summed E-state index contributed by atoms with van der Waals surface area (Å²) in [6.45, 7) is 0. The van der Waals surface area contributed by atoms with Gasteiger partial charge in [0.15, 0.2) is 0 Å². The van der Waals surface area contributed by atoms with Crippen molar-refractivity contribution in [3.63, 3.8) is 0 Å². The van der Waals surface area contributed by atoms with Crippen LogP contribution >= 0.6 is 0 Å². The van der Waals surface area contributed by atoms with Crippen LogP contribution in [0.15, 0.2) is 77.6 Å². The van der Waals surface area contributed by atoms with Gasteiger partial charge in [0.05, 0.1) is 17.6 Å². The third-order valence-corrected chi connectivity index (χ3v) is 2.48. The van der Waals surface area contributed by atoms with Gasteiger partial charge in [-0.2, -0.15) is 0 Å². The Morgan fingerprint density at radius 1 is 1.05 bits per heavy atom. The Kier molecular flexibility index (Phi) is 4.88. The summed E-state index contributed by atoms with van der Waals surface area (Å²) in [5.41, 5.74) is 1.50. The van der Waals surface area contributed by atoms with Gasteiger partial charge in [0.2, 0.25) is 0 Å². The largest absolute Gasteiger partial charge is 0.733 e. The van der Waals surface area contributed by atoms with Crippen molar-refractivity contribution in [1.29, 1.82) is 0 Å². The standard InChI is InChI=1S/C15H14N3O2/c19-18(20)15(11-16-13-7-3-1-4-8-13)12-17-14-9-5-2-6-10-14/h1-12,16,19H/q-1/b15-11+,17-12?. The monoisotopic (exact) mass is 268 g/mol. The van der Waals surface area contributed by atoms with Crippen molar-refractivity contribution in [1.82, 2.24) is 5.23 Å². The summed E-state index contributed by atoms with van der Waals surface area (Å²) < 4.78 is 0. The van der Waals surface area contributed by atoms with Gasteiger partial charge in [0.1, 0.15) is 0 Å². The van der Waals surface area contributed by atoms with Crippen molar-refractivity contribution in [3.05, 3.63) is 77.8 Å². The van der Waals surface area contributed by atoms with Crippen LogP contribution in [-0.4, -0.2) is 16.6 Å². The van der Waals surface area contributed by atoms with E-state index in [2.05, 4.69) is 10.3 Å². The van der Waals surface area contributed by atoms with Crippen LogP contribution in [0.25, 0.3) is 0 Å². The SMILES string of the molecule is [O-]N(O)/C(C=Nc1ccccc1)=C/Nc1ccccc1. The molecule has 0 saturated carbocycles. The van der Waals surface area contributed by atoms with Gasteiger partial charge in [-0.3, -0.25) is 10.2 Å². The fourth-order valence-electron chi connectivity index (χ4n) is 1.49. The quantitative estimate of drug-likeness (QED) is 0.642. The van der Waals surface area contributed by atoms with Gasteiger partial charge < -0.3 is 15.8 Å². The summed E-state index contributed by atoms with van der Waals surface area (Å²) in [5.74, 6) is 0. The highest BCUT2D eigenvalue weighted by atomic mass is 16.8. The molecule has 0 spiro atoms. The maximum atomic E-state index is 11.1. The Bertz CT molecular complexity index is 581. The first kappa shape index (κ1) is 13.8. The highest BCUT2D eigenvalue weighted by Crippen LogP contribution is 2.11. The van der Waals surface area contributed by atoms with E-state index in [0.717, 1.165) is 5.69 Å². The third kappa shape index (κ3) is 4.24. The Labute approximate surface area is 117 Å². The van der Waals surface area contributed by atoms with Crippen LogP contribution in [0, 0.1) is 5.21 Å². The summed E-state index contributed by atoms with van der Waals surface area (Å²) in [6, 6.07) is 18.4. The Morgan fingerprint density at radius 3 is 2.25 bits per heavy atom. The van der Waals surface area contributed by atoms with Crippen LogP contribution in [0.3, 0.4) is 0 Å². The zero-order valence-electron chi connectivity index (χ0n) is 10.7. The molecule has 0 aliphatic heterocycles. The molecule has 2 aromatic carbocycles. The number of hydroxylamine groups is 2. The van der Waals surface area contributed by atoms with Crippen molar-refractivity contribution in [2.24, 2.45) is 4.99 Å². The molecule has 0 bridgehead atoms. The molecule has 0 saturated heterocycles. The molecule has 2 rings (SSSR count). The van der Waals surface area contributed by atoms with Gasteiger partial charge in [-0.15, -0.1) is 0 Å². The zero-order chi connectivity index (χ0) is 14.2. The minimum Gasteiger partial charge on any atom is -0.733 e. The number of allylic oxidation sites excluding steroid dienone is 1. The number of para-hydroxylation sites is 2. The van der Waals surface area contributed by atoms with Gasteiger partial charge in [-0.05, 0) is 24.3 Å². The van der Waals surface area contributed by atoms with E-state index in [9.17, 15) is 5.21 Å². The number of rotatable bonds is 5. The fourth-order valence-corrected chi connectivity index (χ4v) is 1.49. The van der Waals surface area contributed by atoms with Crippen LogP contribution in [0.1, 0.15) is 0 Å². The second-order valence-electron chi connectivity index (χ2n) is 3.95. The molecule has 0 heterocycles. The van der Waals surface area contributed by atoms with E-state index in [1.54, 1.807) is 12.1 Å². The van der Waals surface area contributed by atoms with E-state index in [-0.39, 0.29) is 10.9 Å². The summed E-state index contributed by atoms with van der Waals surface area (Å²) in [5, 5.41) is 22.8. The van der Waals surface area contributed by atoms with E-state index in [1.165, 1.54) is 12.4 Å². The van der Waals surface area contributed by atoms with E-state index in [1.807, 2.05) is 48.5 Å². The van der Waals surface area contributed by atoms with Gasteiger partial charge in [0, 0.05) is 11.9 Å². The molecule has 0 aliphatic carbocycles. The van der Waals surface area contributed by atoms with Gasteiger partial charge in [-0.25, -0.2) is 0 Å². The van der Waals surface area contributed by atoms with E-state index >= 15 is 0 Å². The molecule has 0 amide bonds. The van der Waals surface area contributed by atoms with Crippen molar-refractivity contribution in [3.8, 4) is 0 Å². The second-order valence-corrected chi connectivity index (χ2v) is 3.95. The average molecular weight is 268 g/mol. The molecule has 5 nitrogen and oxygen atoms in total. The number of anilines is 1. The van der Waals surface area contributed by atoms with Crippen LogP contribution in [0.5, 0.6) is 0 Å². The smallest absolute Gasteiger partial charge is 0.0854 e. The lowest BCUT2D eigenvalue weighted by Gasteiger charge is -2.22. The summed E-state index contributed by atoms with van der Waals surface area (Å²) in [7, 11) is 0. The first-order valence-electron chi connectivity index (χ1n) is 6.03. The number of hydrogen-bond acceptors (Lipinski definition) is 5. The third-order valence-electron chi connectivity index (χ3n) is 2.48. The topological polar surface area (TPSA) is 70.9 Å². The van der Waals surface area contributed by atoms with Gasteiger partial charge in [-0.1, -0.05) is 36.4 Å². The fraction of sp³-hybridized carbons (Fsp3) is 0. The maximum absolute atomic E-state index is 11.1. The molecular weight excluding hydrogens is 254 g/mol. The summed E-state index contributed by atoms with van der Waals surface area (Å²) in [6.07, 6.45) is 2.67. The van der Waals surface area contributed by atoms with E-state index in [4.69, 9.17) is 5.21 Å². The summed E-state index contributed by atoms with van der Waals surface area (Å²) in [4.78, 5) is 4.11. The number of hydrogen-bond donors (Lipinski definition) is 2. The molecule has 20 heavy (non-hydrogen) atoms. The lowest BCUT2D eigenvalue weighted by atomic mass is 10.3.